The maximum absolute atomic E-state index is 12.6. The Hall–Kier alpha value is -1.32. The van der Waals surface area contributed by atoms with Crippen LogP contribution in [0.4, 0.5) is 0 Å². The van der Waals surface area contributed by atoms with E-state index in [4.69, 9.17) is 12.6 Å². The Kier molecular flexibility index (Phi) is 7.29. The average molecular weight is 332 g/mol. The van der Waals surface area contributed by atoms with Crippen molar-refractivity contribution >= 4 is 19.6 Å². The fourth-order valence-electron chi connectivity index (χ4n) is 2.23. The van der Waals surface area contributed by atoms with Gasteiger partial charge in [-0.1, -0.05) is 37.9 Å². The van der Waals surface area contributed by atoms with Crippen molar-refractivity contribution in [2.24, 2.45) is 10.8 Å². The second-order valence-electron chi connectivity index (χ2n) is 8.14. The number of rotatable bonds is 8. The molecule has 0 aliphatic rings. The van der Waals surface area contributed by atoms with Crippen LogP contribution in [0, 0.1) is 10.8 Å². The molecule has 0 amide bonds. The van der Waals surface area contributed by atoms with Crippen LogP contribution in [-0.4, -0.2) is 25.2 Å². The number of ketones is 1. The third-order valence-electron chi connectivity index (χ3n) is 5.40. The van der Waals surface area contributed by atoms with Crippen molar-refractivity contribution in [2.45, 2.75) is 80.7 Å². The molecule has 24 heavy (non-hydrogen) atoms. The van der Waals surface area contributed by atoms with Crippen molar-refractivity contribution in [3.63, 3.8) is 0 Å². The van der Waals surface area contributed by atoms with Gasteiger partial charge >= 0.3 is 5.97 Å². The van der Waals surface area contributed by atoms with E-state index in [-0.39, 0.29) is 23.9 Å². The topological polar surface area (TPSA) is 43.4 Å². The van der Waals surface area contributed by atoms with Gasteiger partial charge < -0.3 is 4.74 Å². The lowest BCUT2D eigenvalue weighted by molar-refractivity contribution is -0.167. The largest absolute Gasteiger partial charge is 0.454 e. The van der Waals surface area contributed by atoms with Crippen LogP contribution >= 0.6 is 0 Å². The Bertz CT molecular complexity index is 551. The lowest BCUT2D eigenvalue weighted by atomic mass is 9.75. The van der Waals surface area contributed by atoms with Crippen molar-refractivity contribution < 1.29 is 14.3 Å². The van der Waals surface area contributed by atoms with E-state index in [1.165, 1.54) is 0 Å². The molecule has 0 unspecified atom stereocenters. The second-order valence-corrected chi connectivity index (χ2v) is 8.14. The first-order valence-corrected chi connectivity index (χ1v) is 8.43. The van der Waals surface area contributed by atoms with E-state index in [1.54, 1.807) is 13.8 Å². The van der Waals surface area contributed by atoms with E-state index in [1.807, 2.05) is 34.6 Å². The molecular formula is C20H33BO3. The molecule has 0 aliphatic heterocycles. The van der Waals surface area contributed by atoms with Crippen LogP contribution in [0.15, 0.2) is 23.3 Å². The van der Waals surface area contributed by atoms with Gasteiger partial charge in [-0.05, 0) is 60.5 Å². The number of hydrogen-bond acceptors (Lipinski definition) is 3. The minimum absolute atomic E-state index is 0.166. The summed E-state index contributed by atoms with van der Waals surface area (Å²) in [6.45, 7) is 21.1. The molecule has 0 saturated heterocycles. The summed E-state index contributed by atoms with van der Waals surface area (Å²) in [5.74, 6) is -0.724. The van der Waals surface area contributed by atoms with E-state index < -0.39 is 17.0 Å². The zero-order chi connectivity index (χ0) is 19.5. The molecule has 0 aromatic heterocycles. The van der Waals surface area contributed by atoms with Crippen molar-refractivity contribution in [3.05, 3.63) is 23.3 Å². The lowest BCUT2D eigenvalue weighted by Crippen LogP contribution is -2.41. The van der Waals surface area contributed by atoms with Gasteiger partial charge in [0, 0.05) is 5.41 Å². The Morgan fingerprint density at radius 1 is 0.917 bits per heavy atom. The Labute approximate surface area is 149 Å². The molecule has 134 valence electrons. The van der Waals surface area contributed by atoms with Gasteiger partial charge in [-0.25, -0.2) is 0 Å². The molecule has 0 bridgehead atoms. The molecule has 0 aromatic rings. The van der Waals surface area contributed by atoms with E-state index in [9.17, 15) is 9.59 Å². The van der Waals surface area contributed by atoms with Crippen molar-refractivity contribution in [2.75, 3.05) is 0 Å². The first-order valence-electron chi connectivity index (χ1n) is 8.43. The van der Waals surface area contributed by atoms with E-state index in [0.717, 1.165) is 16.7 Å². The number of carbonyl (C=O) groups excluding carboxylic acids is 2. The summed E-state index contributed by atoms with van der Waals surface area (Å²) < 4.78 is 5.74. The molecule has 3 nitrogen and oxygen atoms in total. The van der Waals surface area contributed by atoms with Gasteiger partial charge in [0.25, 0.3) is 0 Å². The quantitative estimate of drug-likeness (QED) is 0.277. The Balaban J connectivity index is 5.59. The molecular weight excluding hydrogens is 299 g/mol. The smallest absolute Gasteiger partial charge is 0.319 e. The fourth-order valence-corrected chi connectivity index (χ4v) is 2.23. The summed E-state index contributed by atoms with van der Waals surface area (Å²) in [5.41, 5.74) is 0.909. The number of carbonyl (C=O) groups is 2. The first-order chi connectivity index (χ1) is 10.6. The number of hydrogen-bond donors (Lipinski definition) is 0. The second kappa shape index (κ2) is 7.71. The summed E-state index contributed by atoms with van der Waals surface area (Å²) in [6.07, 6.45) is 0.392. The van der Waals surface area contributed by atoms with Crippen LogP contribution < -0.4 is 0 Å². The summed E-state index contributed by atoms with van der Waals surface area (Å²) in [5, 5.41) is 0. The summed E-state index contributed by atoms with van der Waals surface area (Å²) in [4.78, 5) is 24.7. The minimum Gasteiger partial charge on any atom is -0.454 e. The maximum Gasteiger partial charge on any atom is 0.319 e. The molecule has 0 N–H and O–H groups in total. The third-order valence-corrected chi connectivity index (χ3v) is 5.40. The highest BCUT2D eigenvalue weighted by Gasteiger charge is 2.40. The molecule has 0 rings (SSSR count). The first kappa shape index (κ1) is 22.7. The average Bonchev–Trinajstić information content (AvgIpc) is 2.44. The molecule has 0 spiro atoms. The molecule has 0 heterocycles. The van der Waals surface area contributed by atoms with E-state index in [2.05, 4.69) is 20.4 Å². The molecule has 0 atom stereocenters. The predicted molar refractivity (Wildman–Crippen MR) is 101 cm³/mol. The summed E-state index contributed by atoms with van der Waals surface area (Å²) in [6, 6.07) is 0. The lowest BCUT2D eigenvalue weighted by Gasteiger charge is -2.36. The standard InChI is InChI=1S/C20H33BO3/c1-13(2)18(5,6)14(3)15(4)20(9,10)24-17(23)19(7,8)16(22)11-12-21/h1,11-12H2,2-10H3. The third kappa shape index (κ3) is 4.84. The maximum atomic E-state index is 12.6. The van der Waals surface area contributed by atoms with Gasteiger partial charge in [0.1, 0.15) is 16.8 Å². The van der Waals surface area contributed by atoms with Crippen LogP contribution in [0.25, 0.3) is 0 Å². The van der Waals surface area contributed by atoms with Crippen molar-refractivity contribution in [1.82, 2.24) is 0 Å². The van der Waals surface area contributed by atoms with Gasteiger partial charge in [-0.2, -0.15) is 0 Å². The molecule has 2 radical (unpaired) electrons. The number of esters is 1. The zero-order valence-corrected chi connectivity index (χ0v) is 16.9. The van der Waals surface area contributed by atoms with Crippen LogP contribution in [0.3, 0.4) is 0 Å². The summed E-state index contributed by atoms with van der Waals surface area (Å²) in [7, 11) is 5.43. The zero-order valence-electron chi connectivity index (χ0n) is 16.9. The fraction of sp³-hybridized carbons (Fsp3) is 0.700. The van der Waals surface area contributed by atoms with Crippen molar-refractivity contribution in [3.8, 4) is 0 Å². The highest BCUT2D eigenvalue weighted by molar-refractivity contribution is 6.12. The summed E-state index contributed by atoms with van der Waals surface area (Å²) >= 11 is 0. The van der Waals surface area contributed by atoms with E-state index >= 15 is 0 Å². The minimum atomic E-state index is -1.20. The van der Waals surface area contributed by atoms with Crippen LogP contribution in [0.1, 0.15) is 68.7 Å². The molecule has 0 fully saturated rings. The molecule has 0 aliphatic carbocycles. The normalized spacial score (nSPS) is 14.0. The monoisotopic (exact) mass is 332 g/mol. The highest BCUT2D eigenvalue weighted by Crippen LogP contribution is 2.39. The van der Waals surface area contributed by atoms with Crippen LogP contribution in [0.2, 0.25) is 6.32 Å². The van der Waals surface area contributed by atoms with Gasteiger partial charge in [0.2, 0.25) is 0 Å². The van der Waals surface area contributed by atoms with Crippen molar-refractivity contribution in [1.29, 1.82) is 0 Å². The van der Waals surface area contributed by atoms with Gasteiger partial charge in [0.15, 0.2) is 0 Å². The van der Waals surface area contributed by atoms with E-state index in [0.29, 0.717) is 0 Å². The number of ether oxygens (including phenoxy) is 1. The number of allylic oxidation sites excluding steroid dienone is 2. The van der Waals surface area contributed by atoms with Crippen LogP contribution in [-0.2, 0) is 14.3 Å². The molecule has 0 saturated carbocycles. The number of Topliss-reactive ketones (excluding diaryl/α,β-unsaturated/α-hetero) is 1. The Morgan fingerprint density at radius 2 is 1.38 bits per heavy atom. The van der Waals surface area contributed by atoms with Gasteiger partial charge in [-0.3, -0.25) is 9.59 Å². The predicted octanol–water partition coefficient (Wildman–Crippen LogP) is 4.82. The van der Waals surface area contributed by atoms with Gasteiger partial charge in [0.05, 0.1) is 7.85 Å². The highest BCUT2D eigenvalue weighted by atomic mass is 16.6. The molecule has 4 heteroatoms. The van der Waals surface area contributed by atoms with Crippen LogP contribution in [0.5, 0.6) is 0 Å². The SMILES string of the molecule is [B]CCC(=O)C(C)(C)C(=O)OC(C)(C)C(C)=C(C)C(C)(C)C(=C)C. The van der Waals surface area contributed by atoms with Gasteiger partial charge in [-0.15, -0.1) is 0 Å². The Morgan fingerprint density at radius 3 is 1.75 bits per heavy atom. The molecule has 0 aromatic carbocycles.